The Labute approximate surface area is 96.5 Å². The van der Waals surface area contributed by atoms with Crippen LogP contribution < -0.4 is 0 Å². The highest BCUT2D eigenvalue weighted by Gasteiger charge is 2.10. The molecular formula is C15H16O. The lowest BCUT2D eigenvalue weighted by atomic mass is 9.89. The summed E-state index contributed by atoms with van der Waals surface area (Å²) in [5, 5.41) is 0. The van der Waals surface area contributed by atoms with Crippen LogP contribution in [-0.2, 0) is 0 Å². The number of carbonyl (C=O) groups excluding carboxylic acids is 1. The van der Waals surface area contributed by atoms with Crippen molar-refractivity contribution < 1.29 is 4.79 Å². The molecule has 0 radical (unpaired) electrons. The van der Waals surface area contributed by atoms with E-state index in [0.29, 0.717) is 5.92 Å². The maximum Gasteiger partial charge on any atom is 0.150 e. The third kappa shape index (κ3) is 2.30. The Hall–Kier alpha value is -1.63. The predicted octanol–water partition coefficient (Wildman–Crippen LogP) is 3.88. The Morgan fingerprint density at radius 3 is 2.56 bits per heavy atom. The summed E-state index contributed by atoms with van der Waals surface area (Å²) in [4.78, 5) is 10.6. The molecular weight excluding hydrogens is 196 g/mol. The molecule has 0 saturated heterocycles. The second kappa shape index (κ2) is 4.93. The number of rotatable bonds is 3. The standard InChI is InChI=1S/C15H16O/c1-2-12-3-7-14(8-4-12)15-9-5-13(11-16)6-10-15/h3-7,9-11,14H,2,8H2,1H3. The lowest BCUT2D eigenvalue weighted by Gasteiger charge is -2.16. The van der Waals surface area contributed by atoms with Crippen molar-refractivity contribution in [2.24, 2.45) is 0 Å². The number of allylic oxidation sites excluding steroid dienone is 4. The highest BCUT2D eigenvalue weighted by Crippen LogP contribution is 2.27. The fourth-order valence-corrected chi connectivity index (χ4v) is 2.00. The molecule has 1 aromatic rings. The molecule has 1 heteroatoms. The first-order chi connectivity index (χ1) is 7.83. The van der Waals surface area contributed by atoms with Gasteiger partial charge in [-0.1, -0.05) is 55.0 Å². The van der Waals surface area contributed by atoms with E-state index >= 15 is 0 Å². The van der Waals surface area contributed by atoms with Gasteiger partial charge >= 0.3 is 0 Å². The van der Waals surface area contributed by atoms with Gasteiger partial charge < -0.3 is 0 Å². The number of hydrogen-bond acceptors (Lipinski definition) is 1. The molecule has 0 spiro atoms. The molecule has 0 fully saturated rings. The third-order valence-corrected chi connectivity index (χ3v) is 3.09. The summed E-state index contributed by atoms with van der Waals surface area (Å²) in [5.41, 5.74) is 3.45. The van der Waals surface area contributed by atoms with E-state index in [1.54, 1.807) is 0 Å². The van der Waals surface area contributed by atoms with Gasteiger partial charge in [-0.2, -0.15) is 0 Å². The van der Waals surface area contributed by atoms with Gasteiger partial charge in [0, 0.05) is 11.5 Å². The number of hydrogen-bond donors (Lipinski definition) is 0. The first-order valence-electron chi connectivity index (χ1n) is 5.76. The van der Waals surface area contributed by atoms with Crippen LogP contribution in [0.15, 0.2) is 48.1 Å². The van der Waals surface area contributed by atoms with Crippen molar-refractivity contribution in [1.82, 2.24) is 0 Å². The molecule has 0 amide bonds. The largest absolute Gasteiger partial charge is 0.298 e. The topological polar surface area (TPSA) is 17.1 Å². The van der Waals surface area contributed by atoms with E-state index in [1.165, 1.54) is 11.1 Å². The van der Waals surface area contributed by atoms with E-state index in [1.807, 2.05) is 24.3 Å². The van der Waals surface area contributed by atoms with E-state index in [9.17, 15) is 4.79 Å². The Morgan fingerprint density at radius 2 is 2.06 bits per heavy atom. The molecule has 0 saturated carbocycles. The summed E-state index contributed by atoms with van der Waals surface area (Å²) in [6.45, 7) is 2.18. The van der Waals surface area contributed by atoms with Gasteiger partial charge in [0.05, 0.1) is 0 Å². The van der Waals surface area contributed by atoms with Gasteiger partial charge in [0.25, 0.3) is 0 Å². The molecule has 1 nitrogen and oxygen atoms in total. The Morgan fingerprint density at radius 1 is 1.31 bits per heavy atom. The van der Waals surface area contributed by atoms with Crippen LogP contribution in [0.5, 0.6) is 0 Å². The van der Waals surface area contributed by atoms with Crippen molar-refractivity contribution in [2.45, 2.75) is 25.7 Å². The van der Waals surface area contributed by atoms with Crippen LogP contribution in [0.3, 0.4) is 0 Å². The first kappa shape index (κ1) is 10.9. The van der Waals surface area contributed by atoms with Gasteiger partial charge in [-0.05, 0) is 18.4 Å². The van der Waals surface area contributed by atoms with Gasteiger partial charge in [-0.3, -0.25) is 4.79 Å². The maximum absolute atomic E-state index is 10.6. The van der Waals surface area contributed by atoms with Crippen LogP contribution in [0, 0.1) is 0 Å². The van der Waals surface area contributed by atoms with Crippen molar-refractivity contribution in [3.63, 3.8) is 0 Å². The van der Waals surface area contributed by atoms with Crippen molar-refractivity contribution in [2.75, 3.05) is 0 Å². The van der Waals surface area contributed by atoms with E-state index in [4.69, 9.17) is 0 Å². The van der Waals surface area contributed by atoms with Gasteiger partial charge in [0.15, 0.2) is 0 Å². The molecule has 1 atom stereocenters. The zero-order valence-corrected chi connectivity index (χ0v) is 9.52. The van der Waals surface area contributed by atoms with Crippen LogP contribution in [0.1, 0.15) is 41.6 Å². The summed E-state index contributed by atoms with van der Waals surface area (Å²) in [5.74, 6) is 0.469. The van der Waals surface area contributed by atoms with Crippen molar-refractivity contribution in [3.8, 4) is 0 Å². The second-order valence-corrected chi connectivity index (χ2v) is 4.12. The van der Waals surface area contributed by atoms with Crippen molar-refractivity contribution in [3.05, 3.63) is 59.2 Å². The van der Waals surface area contributed by atoms with Crippen molar-refractivity contribution >= 4 is 6.29 Å². The number of benzene rings is 1. The fourth-order valence-electron chi connectivity index (χ4n) is 2.00. The van der Waals surface area contributed by atoms with Crippen LogP contribution in [0.4, 0.5) is 0 Å². The van der Waals surface area contributed by atoms with Crippen LogP contribution >= 0.6 is 0 Å². The molecule has 1 aromatic carbocycles. The molecule has 0 heterocycles. The van der Waals surface area contributed by atoms with E-state index < -0.39 is 0 Å². The van der Waals surface area contributed by atoms with Gasteiger partial charge in [0.2, 0.25) is 0 Å². The van der Waals surface area contributed by atoms with Crippen LogP contribution in [0.2, 0.25) is 0 Å². The molecule has 2 rings (SSSR count). The van der Waals surface area contributed by atoms with Crippen molar-refractivity contribution in [1.29, 1.82) is 0 Å². The average Bonchev–Trinajstić information content (AvgIpc) is 2.39. The Kier molecular flexibility index (Phi) is 3.35. The van der Waals surface area contributed by atoms with E-state index in [-0.39, 0.29) is 0 Å². The summed E-state index contributed by atoms with van der Waals surface area (Å²) in [6.07, 6.45) is 9.83. The fraction of sp³-hybridized carbons (Fsp3) is 0.267. The maximum atomic E-state index is 10.6. The zero-order chi connectivity index (χ0) is 11.4. The molecule has 0 N–H and O–H groups in total. The smallest absolute Gasteiger partial charge is 0.150 e. The molecule has 0 bridgehead atoms. The monoisotopic (exact) mass is 212 g/mol. The molecule has 1 aliphatic rings. The lowest BCUT2D eigenvalue weighted by molar-refractivity contribution is 0.112. The van der Waals surface area contributed by atoms with E-state index in [0.717, 1.165) is 24.7 Å². The third-order valence-electron chi connectivity index (χ3n) is 3.09. The zero-order valence-electron chi connectivity index (χ0n) is 9.52. The SMILES string of the molecule is CCC1=CCC(c2ccc(C=O)cc2)C=C1. The highest BCUT2D eigenvalue weighted by atomic mass is 16.1. The summed E-state index contributed by atoms with van der Waals surface area (Å²) < 4.78 is 0. The summed E-state index contributed by atoms with van der Waals surface area (Å²) >= 11 is 0. The average molecular weight is 212 g/mol. The van der Waals surface area contributed by atoms with E-state index in [2.05, 4.69) is 25.2 Å². The first-order valence-corrected chi connectivity index (χ1v) is 5.76. The molecule has 1 aliphatic carbocycles. The molecule has 0 aliphatic heterocycles. The van der Waals surface area contributed by atoms with Crippen LogP contribution in [-0.4, -0.2) is 6.29 Å². The summed E-state index contributed by atoms with van der Waals surface area (Å²) in [6, 6.07) is 7.86. The van der Waals surface area contributed by atoms with Gasteiger partial charge in [-0.25, -0.2) is 0 Å². The molecule has 16 heavy (non-hydrogen) atoms. The second-order valence-electron chi connectivity index (χ2n) is 4.12. The number of aldehydes is 1. The molecule has 82 valence electrons. The minimum atomic E-state index is 0.469. The Balaban J connectivity index is 2.12. The molecule has 0 aromatic heterocycles. The highest BCUT2D eigenvalue weighted by molar-refractivity contribution is 5.74. The minimum absolute atomic E-state index is 0.469. The van der Waals surface area contributed by atoms with Gasteiger partial charge in [-0.15, -0.1) is 0 Å². The van der Waals surface area contributed by atoms with Gasteiger partial charge in [0.1, 0.15) is 6.29 Å². The predicted molar refractivity (Wildman–Crippen MR) is 66.7 cm³/mol. The minimum Gasteiger partial charge on any atom is -0.298 e. The lowest BCUT2D eigenvalue weighted by Crippen LogP contribution is -1.98. The normalized spacial score (nSPS) is 19.3. The van der Waals surface area contributed by atoms with Crippen LogP contribution in [0.25, 0.3) is 0 Å². The summed E-state index contributed by atoms with van der Waals surface area (Å²) in [7, 11) is 0. The molecule has 1 unspecified atom stereocenters. The number of carbonyl (C=O) groups is 1. The Bertz CT molecular complexity index is 423. The quantitative estimate of drug-likeness (QED) is 0.695.